The van der Waals surface area contributed by atoms with E-state index < -0.39 is 10.0 Å². The first-order valence-electron chi connectivity index (χ1n) is 6.42. The van der Waals surface area contributed by atoms with Crippen molar-refractivity contribution in [2.24, 2.45) is 4.40 Å². The summed E-state index contributed by atoms with van der Waals surface area (Å²) in [6.07, 6.45) is 2.05. The molecule has 0 saturated heterocycles. The summed E-state index contributed by atoms with van der Waals surface area (Å²) in [5.74, 6) is 0. The summed E-state index contributed by atoms with van der Waals surface area (Å²) in [4.78, 5) is 0. The molecule has 2 rings (SSSR count). The van der Waals surface area contributed by atoms with Crippen molar-refractivity contribution in [1.29, 1.82) is 0 Å². The van der Waals surface area contributed by atoms with E-state index in [2.05, 4.69) is 11.3 Å². The van der Waals surface area contributed by atoms with Crippen LogP contribution in [-0.4, -0.2) is 23.8 Å². The Morgan fingerprint density at radius 2 is 1.68 bits per heavy atom. The number of nitrogens with zero attached hydrogens (tertiary/aromatic N) is 3. The molecule has 104 valence electrons. The Morgan fingerprint density at radius 3 is 2.16 bits per heavy atom. The number of hydrogen-bond donors (Lipinski definition) is 0. The van der Waals surface area contributed by atoms with Crippen molar-refractivity contribution in [2.45, 2.75) is 33.4 Å². The van der Waals surface area contributed by atoms with Crippen LogP contribution in [0.2, 0.25) is 0 Å². The largest absolute Gasteiger partial charge is 0.310 e. The van der Waals surface area contributed by atoms with Gasteiger partial charge >= 0.3 is 0 Å². The Bertz CT molecular complexity index is 754. The summed E-state index contributed by atoms with van der Waals surface area (Å²) in [6.45, 7) is 5.49. The van der Waals surface area contributed by atoms with Crippen LogP contribution >= 0.6 is 0 Å². The van der Waals surface area contributed by atoms with Gasteiger partial charge in [0, 0.05) is 13.1 Å². The monoisotopic (exact) mass is 281 g/mol. The Morgan fingerprint density at radius 1 is 1.11 bits per heavy atom. The van der Waals surface area contributed by atoms with E-state index in [0.29, 0.717) is 12.2 Å². The Kier molecular flexibility index (Phi) is 3.80. The summed E-state index contributed by atoms with van der Waals surface area (Å²) in [6, 6.07) is 7.90. The molecule has 19 heavy (non-hydrogen) atoms. The number of imidazole rings is 1. The van der Waals surface area contributed by atoms with Crippen LogP contribution in [0.4, 0.5) is 0 Å². The van der Waals surface area contributed by atoms with Crippen molar-refractivity contribution in [3.05, 3.63) is 29.9 Å². The lowest BCUT2D eigenvalue weighted by atomic mass is 10.3. The number of sulfonamides is 1. The Hall–Kier alpha value is -1.56. The molecule has 0 saturated carbocycles. The standard InChI is InChI=1S/C13H19N3O2S/c1-4-10-16-12-9-7-6-8-11(12)15(5-2)13(16)14-19(3,17)18/h6-9H,4-5,10H2,1-3H3/b14-13-. The van der Waals surface area contributed by atoms with E-state index in [4.69, 9.17) is 0 Å². The maximum absolute atomic E-state index is 11.5. The van der Waals surface area contributed by atoms with Gasteiger partial charge in [0.1, 0.15) is 0 Å². The van der Waals surface area contributed by atoms with Crippen LogP contribution in [0.5, 0.6) is 0 Å². The summed E-state index contributed by atoms with van der Waals surface area (Å²) in [7, 11) is -3.41. The van der Waals surface area contributed by atoms with Crippen molar-refractivity contribution >= 4 is 21.1 Å². The minimum absolute atomic E-state index is 0.507. The fourth-order valence-corrected chi connectivity index (χ4v) is 2.78. The van der Waals surface area contributed by atoms with E-state index in [9.17, 15) is 8.42 Å². The number of hydrogen-bond acceptors (Lipinski definition) is 2. The molecular weight excluding hydrogens is 262 g/mol. The molecule has 0 aliphatic heterocycles. The van der Waals surface area contributed by atoms with Crippen LogP contribution in [0.15, 0.2) is 28.7 Å². The normalized spacial score (nSPS) is 13.3. The van der Waals surface area contributed by atoms with Gasteiger partial charge in [-0.1, -0.05) is 19.1 Å². The average molecular weight is 281 g/mol. The zero-order chi connectivity index (χ0) is 14.0. The van der Waals surface area contributed by atoms with E-state index in [0.717, 1.165) is 30.3 Å². The van der Waals surface area contributed by atoms with Crippen molar-refractivity contribution in [3.8, 4) is 0 Å². The van der Waals surface area contributed by atoms with Crippen molar-refractivity contribution < 1.29 is 8.42 Å². The molecule has 0 amide bonds. The molecular formula is C13H19N3O2S. The average Bonchev–Trinajstić information content (AvgIpc) is 2.62. The number of aromatic nitrogens is 2. The Labute approximate surface area is 113 Å². The quantitative estimate of drug-likeness (QED) is 0.857. The van der Waals surface area contributed by atoms with E-state index in [-0.39, 0.29) is 0 Å². The van der Waals surface area contributed by atoms with Crippen LogP contribution in [0.25, 0.3) is 11.0 Å². The van der Waals surface area contributed by atoms with Gasteiger partial charge in [0.15, 0.2) is 0 Å². The number of rotatable bonds is 4. The second-order valence-electron chi connectivity index (χ2n) is 4.51. The third-order valence-corrected chi connectivity index (χ3v) is 3.45. The van der Waals surface area contributed by atoms with Gasteiger partial charge in [-0.25, -0.2) is 8.42 Å². The predicted octanol–water partition coefficient (Wildman–Crippen LogP) is 1.73. The van der Waals surface area contributed by atoms with Crippen LogP contribution in [0.3, 0.4) is 0 Å². The van der Waals surface area contributed by atoms with Crippen LogP contribution < -0.4 is 5.62 Å². The zero-order valence-corrected chi connectivity index (χ0v) is 12.3. The molecule has 2 aromatic rings. The van der Waals surface area contributed by atoms with Crippen molar-refractivity contribution in [3.63, 3.8) is 0 Å². The first-order chi connectivity index (χ1) is 8.98. The number of para-hydroxylation sites is 2. The molecule has 0 atom stereocenters. The summed E-state index contributed by atoms with van der Waals surface area (Å²) in [5, 5.41) is 0. The fourth-order valence-electron chi connectivity index (χ4n) is 2.28. The van der Waals surface area contributed by atoms with Gasteiger partial charge in [-0.3, -0.25) is 0 Å². The number of aryl methyl sites for hydroxylation is 2. The smallest absolute Gasteiger partial charge is 0.253 e. The van der Waals surface area contributed by atoms with Gasteiger partial charge in [0.25, 0.3) is 10.0 Å². The molecule has 5 nitrogen and oxygen atoms in total. The highest BCUT2D eigenvalue weighted by Gasteiger charge is 2.11. The molecule has 0 unspecified atom stereocenters. The van der Waals surface area contributed by atoms with Gasteiger partial charge in [0.2, 0.25) is 5.62 Å². The van der Waals surface area contributed by atoms with Gasteiger partial charge in [-0.15, -0.1) is 4.40 Å². The molecule has 0 aliphatic rings. The maximum Gasteiger partial charge on any atom is 0.253 e. The number of benzene rings is 1. The highest BCUT2D eigenvalue weighted by molar-refractivity contribution is 7.89. The van der Waals surface area contributed by atoms with E-state index in [1.54, 1.807) is 0 Å². The highest BCUT2D eigenvalue weighted by atomic mass is 32.2. The minimum Gasteiger partial charge on any atom is -0.310 e. The molecule has 0 bridgehead atoms. The molecule has 0 spiro atoms. The van der Waals surface area contributed by atoms with Crippen molar-refractivity contribution in [2.75, 3.05) is 6.26 Å². The molecule has 1 heterocycles. The number of fused-ring (bicyclic) bond motifs is 1. The molecule has 1 aromatic carbocycles. The lowest BCUT2D eigenvalue weighted by Crippen LogP contribution is -2.27. The third kappa shape index (κ3) is 2.73. The molecule has 0 aliphatic carbocycles. The van der Waals surface area contributed by atoms with E-state index in [1.807, 2.05) is 40.3 Å². The first-order valence-corrected chi connectivity index (χ1v) is 8.26. The SMILES string of the molecule is CCCn1/c(=N\S(C)(=O)=O)n(CC)c2ccccc21. The lowest BCUT2D eigenvalue weighted by Gasteiger charge is -2.02. The van der Waals surface area contributed by atoms with Crippen molar-refractivity contribution in [1.82, 2.24) is 9.13 Å². The highest BCUT2D eigenvalue weighted by Crippen LogP contribution is 2.13. The van der Waals surface area contributed by atoms with Gasteiger partial charge in [-0.2, -0.15) is 0 Å². The first kappa shape index (κ1) is 13.9. The molecule has 0 N–H and O–H groups in total. The summed E-state index contributed by atoms with van der Waals surface area (Å²) in [5.41, 5.74) is 2.54. The molecule has 0 radical (unpaired) electrons. The second kappa shape index (κ2) is 5.21. The van der Waals surface area contributed by atoms with E-state index >= 15 is 0 Å². The van der Waals surface area contributed by atoms with Crippen LogP contribution in [-0.2, 0) is 23.1 Å². The molecule has 6 heteroatoms. The second-order valence-corrected chi connectivity index (χ2v) is 6.16. The van der Waals surface area contributed by atoms with Gasteiger partial charge < -0.3 is 9.13 Å². The van der Waals surface area contributed by atoms with Crippen LogP contribution in [0.1, 0.15) is 20.3 Å². The zero-order valence-electron chi connectivity index (χ0n) is 11.5. The van der Waals surface area contributed by atoms with E-state index in [1.165, 1.54) is 0 Å². The minimum atomic E-state index is -3.41. The van der Waals surface area contributed by atoms with Crippen LogP contribution in [0, 0.1) is 0 Å². The lowest BCUT2D eigenvalue weighted by molar-refractivity contribution is 0.589. The maximum atomic E-state index is 11.5. The van der Waals surface area contributed by atoms with Gasteiger partial charge in [-0.05, 0) is 25.5 Å². The fraction of sp³-hybridized carbons (Fsp3) is 0.462. The predicted molar refractivity (Wildman–Crippen MR) is 76.3 cm³/mol. The topological polar surface area (TPSA) is 56.4 Å². The molecule has 1 aromatic heterocycles. The Balaban J connectivity index is 2.94. The summed E-state index contributed by atoms with van der Waals surface area (Å²) < 4.78 is 30.8. The molecule has 0 fully saturated rings. The van der Waals surface area contributed by atoms with Gasteiger partial charge in [0.05, 0.1) is 17.3 Å². The summed E-state index contributed by atoms with van der Waals surface area (Å²) >= 11 is 0. The third-order valence-electron chi connectivity index (χ3n) is 2.96.